The Hall–Kier alpha value is -1.61. The molecule has 1 amide bonds. The van der Waals surface area contributed by atoms with Gasteiger partial charge in [-0.25, -0.2) is 4.79 Å². The van der Waals surface area contributed by atoms with Crippen molar-refractivity contribution in [3.05, 3.63) is 0 Å². The Morgan fingerprint density at radius 2 is 2.20 bits per heavy atom. The molecule has 0 aliphatic rings. The van der Waals surface area contributed by atoms with Crippen molar-refractivity contribution in [1.29, 1.82) is 5.26 Å². The molecular formula is C9H15N3O3. The minimum Gasteiger partial charge on any atom is -0.378 e. The third-order valence-corrected chi connectivity index (χ3v) is 1.72. The monoisotopic (exact) mass is 213 g/mol. The summed E-state index contributed by atoms with van der Waals surface area (Å²) in [6, 6.07) is 1.84. The van der Waals surface area contributed by atoms with Gasteiger partial charge in [0.15, 0.2) is 5.71 Å². The lowest BCUT2D eigenvalue weighted by Crippen LogP contribution is -2.26. The number of amides is 1. The van der Waals surface area contributed by atoms with Crippen LogP contribution < -0.4 is 5.32 Å². The number of carbonyl (C=O) groups is 1. The van der Waals surface area contributed by atoms with E-state index in [1.807, 2.05) is 6.07 Å². The Morgan fingerprint density at radius 1 is 1.60 bits per heavy atom. The van der Waals surface area contributed by atoms with E-state index in [1.54, 1.807) is 13.8 Å². The van der Waals surface area contributed by atoms with Crippen LogP contribution in [0.1, 0.15) is 20.3 Å². The van der Waals surface area contributed by atoms with Gasteiger partial charge in [0.2, 0.25) is 0 Å². The minimum atomic E-state index is -0.710. The predicted molar refractivity (Wildman–Crippen MR) is 54.3 cm³/mol. The lowest BCUT2D eigenvalue weighted by Gasteiger charge is -2.20. The van der Waals surface area contributed by atoms with E-state index in [4.69, 9.17) is 10.00 Å². The van der Waals surface area contributed by atoms with Gasteiger partial charge in [0.05, 0.1) is 5.60 Å². The van der Waals surface area contributed by atoms with Crippen LogP contribution in [0.4, 0.5) is 4.79 Å². The quantitative estimate of drug-likeness (QED) is 0.429. The molecule has 0 fully saturated rings. The van der Waals surface area contributed by atoms with E-state index < -0.39 is 11.7 Å². The Balaban J connectivity index is 4.39. The van der Waals surface area contributed by atoms with Crippen molar-refractivity contribution in [2.24, 2.45) is 5.16 Å². The molecule has 0 aromatic heterocycles. The zero-order valence-corrected chi connectivity index (χ0v) is 9.33. The zero-order valence-electron chi connectivity index (χ0n) is 9.33. The summed E-state index contributed by atoms with van der Waals surface area (Å²) in [5, 5.41) is 14.3. The smallest absolute Gasteiger partial charge is 0.378 e. The number of methoxy groups -OCH3 is 1. The first kappa shape index (κ1) is 13.4. The second-order valence-electron chi connectivity index (χ2n) is 3.42. The number of ether oxygens (including phenoxy) is 1. The van der Waals surface area contributed by atoms with Crippen LogP contribution in [0.3, 0.4) is 0 Å². The summed E-state index contributed by atoms with van der Waals surface area (Å²) in [5.41, 5.74) is -0.411. The summed E-state index contributed by atoms with van der Waals surface area (Å²) in [6.07, 6.45) is -0.435. The molecule has 0 spiro atoms. The number of hydrogen-bond donors (Lipinski definition) is 1. The van der Waals surface area contributed by atoms with Crippen molar-refractivity contribution in [2.75, 3.05) is 14.2 Å². The number of oxime groups is 1. The maximum Gasteiger partial charge on any atom is 0.433 e. The van der Waals surface area contributed by atoms with Gasteiger partial charge >= 0.3 is 6.09 Å². The highest BCUT2D eigenvalue weighted by Crippen LogP contribution is 2.13. The van der Waals surface area contributed by atoms with Crippen LogP contribution in [-0.2, 0) is 9.57 Å². The minimum absolute atomic E-state index is 0.102. The summed E-state index contributed by atoms with van der Waals surface area (Å²) in [5.74, 6) is 0. The molecule has 15 heavy (non-hydrogen) atoms. The van der Waals surface area contributed by atoms with Crippen LogP contribution in [0, 0.1) is 11.3 Å². The second-order valence-corrected chi connectivity index (χ2v) is 3.42. The second kappa shape index (κ2) is 5.98. The van der Waals surface area contributed by atoms with Crippen molar-refractivity contribution in [2.45, 2.75) is 25.9 Å². The highest BCUT2D eigenvalue weighted by atomic mass is 16.7. The van der Waals surface area contributed by atoms with E-state index in [9.17, 15) is 4.79 Å². The summed E-state index contributed by atoms with van der Waals surface area (Å²) in [6.45, 7) is 3.61. The van der Waals surface area contributed by atoms with Crippen molar-refractivity contribution >= 4 is 11.8 Å². The molecule has 6 heteroatoms. The van der Waals surface area contributed by atoms with Crippen LogP contribution in [-0.4, -0.2) is 31.6 Å². The van der Waals surface area contributed by atoms with E-state index in [0.717, 1.165) is 0 Å². The first-order valence-electron chi connectivity index (χ1n) is 4.36. The van der Waals surface area contributed by atoms with Gasteiger partial charge in [0.25, 0.3) is 0 Å². The molecule has 0 aromatic carbocycles. The molecule has 0 aromatic rings. The fourth-order valence-corrected chi connectivity index (χ4v) is 0.710. The molecule has 0 aliphatic heterocycles. The molecule has 0 radical (unpaired) electrons. The van der Waals surface area contributed by atoms with Crippen LogP contribution in [0.2, 0.25) is 0 Å². The van der Waals surface area contributed by atoms with Crippen LogP contribution >= 0.6 is 0 Å². The van der Waals surface area contributed by atoms with Gasteiger partial charge in [-0.05, 0) is 13.8 Å². The topological polar surface area (TPSA) is 83.7 Å². The molecule has 0 saturated heterocycles. The first-order chi connectivity index (χ1) is 6.95. The van der Waals surface area contributed by atoms with E-state index >= 15 is 0 Å². The molecule has 0 saturated carbocycles. The number of hydrogen-bond acceptors (Lipinski definition) is 5. The lowest BCUT2D eigenvalue weighted by molar-refractivity contribution is 0.0288. The Kier molecular flexibility index (Phi) is 5.34. The molecule has 0 heterocycles. The molecule has 0 unspecified atom stereocenters. The average molecular weight is 213 g/mol. The van der Waals surface area contributed by atoms with E-state index in [0.29, 0.717) is 0 Å². The van der Waals surface area contributed by atoms with Crippen LogP contribution in [0.5, 0.6) is 0 Å². The van der Waals surface area contributed by atoms with Gasteiger partial charge in [-0.3, -0.25) is 4.84 Å². The zero-order chi connectivity index (χ0) is 11.9. The van der Waals surface area contributed by atoms with Gasteiger partial charge in [-0.15, -0.1) is 0 Å². The van der Waals surface area contributed by atoms with Crippen molar-refractivity contribution in [3.63, 3.8) is 0 Å². The number of carbonyl (C=O) groups excluding carboxylic acids is 1. The molecule has 84 valence electrons. The normalized spacial score (nSPS) is 11.8. The maximum atomic E-state index is 10.7. The van der Waals surface area contributed by atoms with Gasteiger partial charge in [0, 0.05) is 20.6 Å². The molecule has 0 aliphatic carbocycles. The first-order valence-corrected chi connectivity index (χ1v) is 4.36. The number of nitrogens with one attached hydrogen (secondary N) is 1. The number of nitriles is 1. The number of nitrogens with zero attached hydrogens (tertiary/aromatic N) is 2. The maximum absolute atomic E-state index is 10.7. The van der Waals surface area contributed by atoms with Crippen LogP contribution in [0.25, 0.3) is 0 Å². The van der Waals surface area contributed by atoms with E-state index in [1.165, 1.54) is 14.2 Å². The van der Waals surface area contributed by atoms with Crippen LogP contribution in [0.15, 0.2) is 5.16 Å². The summed E-state index contributed by atoms with van der Waals surface area (Å²) in [7, 11) is 2.94. The highest BCUT2D eigenvalue weighted by Gasteiger charge is 2.20. The van der Waals surface area contributed by atoms with Crippen molar-refractivity contribution in [3.8, 4) is 6.07 Å². The Labute approximate surface area is 88.8 Å². The SMILES string of the molecule is CNC(=O)ON=C(C#N)CC(C)(C)OC. The predicted octanol–water partition coefficient (Wildman–Crippen LogP) is 1.04. The Bertz CT molecular complexity index is 291. The van der Waals surface area contributed by atoms with Gasteiger partial charge in [-0.2, -0.15) is 5.26 Å². The number of rotatable bonds is 4. The molecule has 0 atom stereocenters. The molecule has 6 nitrogen and oxygen atoms in total. The summed E-state index contributed by atoms with van der Waals surface area (Å²) in [4.78, 5) is 15.1. The molecule has 1 N–H and O–H groups in total. The third kappa shape index (κ3) is 5.65. The van der Waals surface area contributed by atoms with Crippen molar-refractivity contribution in [1.82, 2.24) is 5.32 Å². The summed E-state index contributed by atoms with van der Waals surface area (Å²) < 4.78 is 5.12. The fraction of sp³-hybridized carbons (Fsp3) is 0.667. The summed E-state index contributed by atoms with van der Waals surface area (Å²) >= 11 is 0. The third-order valence-electron chi connectivity index (χ3n) is 1.72. The van der Waals surface area contributed by atoms with E-state index in [2.05, 4.69) is 15.3 Å². The molecule has 0 bridgehead atoms. The standard InChI is InChI=1S/C9H15N3O3/c1-9(2,14-4)5-7(6-10)12-15-8(13)11-3/h5H2,1-4H3,(H,11,13). The molecule has 0 rings (SSSR count). The highest BCUT2D eigenvalue weighted by molar-refractivity contribution is 5.98. The fourth-order valence-electron chi connectivity index (χ4n) is 0.710. The Morgan fingerprint density at radius 3 is 2.60 bits per heavy atom. The lowest BCUT2D eigenvalue weighted by atomic mass is 10.0. The van der Waals surface area contributed by atoms with Gasteiger partial charge in [0.1, 0.15) is 6.07 Å². The largest absolute Gasteiger partial charge is 0.433 e. The van der Waals surface area contributed by atoms with E-state index in [-0.39, 0.29) is 12.1 Å². The van der Waals surface area contributed by atoms with Crippen molar-refractivity contribution < 1.29 is 14.4 Å². The van der Waals surface area contributed by atoms with Gasteiger partial charge < -0.3 is 10.1 Å². The van der Waals surface area contributed by atoms with Gasteiger partial charge in [-0.1, -0.05) is 5.16 Å². The molecular weight excluding hydrogens is 198 g/mol. The average Bonchev–Trinajstić information content (AvgIpc) is 2.23.